The van der Waals surface area contributed by atoms with Gasteiger partial charge in [-0.3, -0.25) is 4.79 Å². The van der Waals surface area contributed by atoms with Gasteiger partial charge in [0, 0.05) is 12.1 Å². The molecule has 0 unspecified atom stereocenters. The molecule has 2 nitrogen and oxygen atoms in total. The van der Waals surface area contributed by atoms with E-state index in [0.717, 1.165) is 5.56 Å². The normalized spacial score (nSPS) is 9.21. The van der Waals surface area contributed by atoms with E-state index in [4.69, 9.17) is 0 Å². The van der Waals surface area contributed by atoms with E-state index < -0.39 is 0 Å². The van der Waals surface area contributed by atoms with E-state index in [1.807, 2.05) is 69.3 Å². The number of aryl methyl sites for hydroxylation is 1. The maximum atomic E-state index is 11.8. The van der Waals surface area contributed by atoms with Crippen LogP contribution in [0.2, 0.25) is 0 Å². The quantitative estimate of drug-likeness (QED) is 0.884. The SMILES string of the molecule is CC.Cc1cccc(CNC(=O)c2ccccc2)c1. The molecular formula is C17H21NO. The molecule has 2 heteroatoms. The van der Waals surface area contributed by atoms with Crippen LogP contribution in [0, 0.1) is 6.92 Å². The zero-order valence-electron chi connectivity index (χ0n) is 11.8. The molecule has 0 bridgehead atoms. The minimum atomic E-state index is -0.0351. The van der Waals surface area contributed by atoms with Crippen molar-refractivity contribution in [1.29, 1.82) is 0 Å². The summed E-state index contributed by atoms with van der Waals surface area (Å²) in [5.74, 6) is -0.0351. The topological polar surface area (TPSA) is 29.1 Å². The number of hydrogen-bond acceptors (Lipinski definition) is 1. The Hall–Kier alpha value is -2.09. The molecule has 0 heterocycles. The van der Waals surface area contributed by atoms with E-state index in [1.165, 1.54) is 5.56 Å². The van der Waals surface area contributed by atoms with Crippen molar-refractivity contribution >= 4 is 5.91 Å². The number of amides is 1. The number of hydrogen-bond donors (Lipinski definition) is 1. The van der Waals surface area contributed by atoms with E-state index in [-0.39, 0.29) is 5.91 Å². The van der Waals surface area contributed by atoms with Gasteiger partial charge in [-0.1, -0.05) is 61.9 Å². The number of benzene rings is 2. The number of carbonyl (C=O) groups is 1. The predicted octanol–water partition coefficient (Wildman–Crippen LogP) is 3.95. The van der Waals surface area contributed by atoms with E-state index in [1.54, 1.807) is 0 Å². The maximum absolute atomic E-state index is 11.8. The van der Waals surface area contributed by atoms with Gasteiger partial charge in [0.2, 0.25) is 0 Å². The van der Waals surface area contributed by atoms with E-state index in [2.05, 4.69) is 11.4 Å². The van der Waals surface area contributed by atoms with Gasteiger partial charge in [0.05, 0.1) is 0 Å². The molecule has 0 radical (unpaired) electrons. The van der Waals surface area contributed by atoms with Gasteiger partial charge in [-0.05, 0) is 24.6 Å². The van der Waals surface area contributed by atoms with Gasteiger partial charge < -0.3 is 5.32 Å². The number of carbonyl (C=O) groups excluding carboxylic acids is 1. The Morgan fingerprint density at radius 1 is 1.00 bits per heavy atom. The number of rotatable bonds is 3. The first kappa shape index (κ1) is 15.0. The van der Waals surface area contributed by atoms with Gasteiger partial charge in [0.25, 0.3) is 5.91 Å². The molecule has 1 amide bonds. The van der Waals surface area contributed by atoms with Crippen molar-refractivity contribution in [2.75, 3.05) is 0 Å². The third kappa shape index (κ3) is 4.96. The van der Waals surface area contributed by atoms with Crippen molar-refractivity contribution in [2.24, 2.45) is 0 Å². The predicted molar refractivity (Wildman–Crippen MR) is 80.1 cm³/mol. The van der Waals surface area contributed by atoms with Crippen LogP contribution in [0.3, 0.4) is 0 Å². The fraction of sp³-hybridized carbons (Fsp3) is 0.235. The molecule has 1 N–H and O–H groups in total. The molecule has 0 fully saturated rings. The van der Waals surface area contributed by atoms with Gasteiger partial charge >= 0.3 is 0 Å². The van der Waals surface area contributed by atoms with Gasteiger partial charge in [-0.2, -0.15) is 0 Å². The third-order valence-corrected chi connectivity index (χ3v) is 2.57. The lowest BCUT2D eigenvalue weighted by Crippen LogP contribution is -2.22. The molecule has 0 saturated carbocycles. The largest absolute Gasteiger partial charge is 0.348 e. The summed E-state index contributed by atoms with van der Waals surface area (Å²) in [4.78, 5) is 11.8. The molecule has 0 atom stereocenters. The van der Waals surface area contributed by atoms with Crippen LogP contribution < -0.4 is 5.32 Å². The molecule has 0 aliphatic rings. The zero-order valence-corrected chi connectivity index (χ0v) is 11.8. The van der Waals surface area contributed by atoms with Crippen molar-refractivity contribution < 1.29 is 4.79 Å². The van der Waals surface area contributed by atoms with Crippen LogP contribution in [0.4, 0.5) is 0 Å². The second-order valence-corrected chi connectivity index (χ2v) is 4.04. The molecule has 100 valence electrons. The summed E-state index contributed by atoms with van der Waals surface area (Å²) in [6, 6.07) is 17.4. The zero-order chi connectivity index (χ0) is 14.1. The highest BCUT2D eigenvalue weighted by Gasteiger charge is 2.03. The first-order chi connectivity index (χ1) is 9.25. The summed E-state index contributed by atoms with van der Waals surface area (Å²) in [5, 5.41) is 2.90. The standard InChI is InChI=1S/C15H15NO.C2H6/c1-12-6-5-7-13(10-12)11-16-15(17)14-8-3-2-4-9-14;1-2/h2-10H,11H2,1H3,(H,16,17);1-2H3. The molecule has 0 aromatic heterocycles. The van der Waals surface area contributed by atoms with Crippen LogP contribution in [0.25, 0.3) is 0 Å². The summed E-state index contributed by atoms with van der Waals surface area (Å²) in [7, 11) is 0. The summed E-state index contributed by atoms with van der Waals surface area (Å²) in [6.45, 7) is 6.61. The highest BCUT2D eigenvalue weighted by atomic mass is 16.1. The van der Waals surface area contributed by atoms with Crippen molar-refractivity contribution in [3.8, 4) is 0 Å². The Morgan fingerprint density at radius 3 is 2.32 bits per heavy atom. The molecule has 0 spiro atoms. The van der Waals surface area contributed by atoms with Gasteiger partial charge in [0.15, 0.2) is 0 Å². The van der Waals surface area contributed by atoms with Crippen molar-refractivity contribution in [2.45, 2.75) is 27.3 Å². The Bertz CT molecular complexity index is 506. The fourth-order valence-electron chi connectivity index (χ4n) is 1.70. The van der Waals surface area contributed by atoms with E-state index >= 15 is 0 Å². The lowest BCUT2D eigenvalue weighted by molar-refractivity contribution is 0.0951. The second kappa shape index (κ2) is 8.09. The second-order valence-electron chi connectivity index (χ2n) is 4.04. The van der Waals surface area contributed by atoms with Crippen molar-refractivity contribution in [3.63, 3.8) is 0 Å². The molecule has 2 rings (SSSR count). The van der Waals surface area contributed by atoms with Crippen LogP contribution in [0.5, 0.6) is 0 Å². The first-order valence-corrected chi connectivity index (χ1v) is 6.64. The highest BCUT2D eigenvalue weighted by molar-refractivity contribution is 5.94. The molecule has 0 aliphatic carbocycles. The summed E-state index contributed by atoms with van der Waals surface area (Å²) >= 11 is 0. The smallest absolute Gasteiger partial charge is 0.251 e. The molecule has 2 aromatic rings. The molecule has 2 aromatic carbocycles. The molecular weight excluding hydrogens is 234 g/mol. The summed E-state index contributed by atoms with van der Waals surface area (Å²) in [5.41, 5.74) is 3.02. The molecule has 0 aliphatic heterocycles. The molecule has 19 heavy (non-hydrogen) atoms. The van der Waals surface area contributed by atoms with Crippen LogP contribution in [0.15, 0.2) is 54.6 Å². The third-order valence-electron chi connectivity index (χ3n) is 2.57. The van der Waals surface area contributed by atoms with Crippen LogP contribution in [-0.2, 0) is 6.54 Å². The lowest BCUT2D eigenvalue weighted by Gasteiger charge is -2.05. The summed E-state index contributed by atoms with van der Waals surface area (Å²) < 4.78 is 0. The Balaban J connectivity index is 0.000000861. The minimum absolute atomic E-state index is 0.0351. The van der Waals surface area contributed by atoms with Crippen molar-refractivity contribution in [3.05, 3.63) is 71.3 Å². The Kier molecular flexibility index (Phi) is 6.37. The lowest BCUT2D eigenvalue weighted by atomic mass is 10.1. The maximum Gasteiger partial charge on any atom is 0.251 e. The highest BCUT2D eigenvalue weighted by Crippen LogP contribution is 2.04. The van der Waals surface area contributed by atoms with Crippen LogP contribution in [0.1, 0.15) is 35.3 Å². The van der Waals surface area contributed by atoms with Crippen LogP contribution in [-0.4, -0.2) is 5.91 Å². The van der Waals surface area contributed by atoms with Gasteiger partial charge in [-0.25, -0.2) is 0 Å². The van der Waals surface area contributed by atoms with Crippen molar-refractivity contribution in [1.82, 2.24) is 5.32 Å². The molecule has 0 saturated heterocycles. The minimum Gasteiger partial charge on any atom is -0.348 e. The number of nitrogens with one attached hydrogen (secondary N) is 1. The average molecular weight is 255 g/mol. The Labute approximate surface area is 115 Å². The van der Waals surface area contributed by atoms with E-state index in [0.29, 0.717) is 12.1 Å². The fourth-order valence-corrected chi connectivity index (χ4v) is 1.70. The van der Waals surface area contributed by atoms with Gasteiger partial charge in [0.1, 0.15) is 0 Å². The first-order valence-electron chi connectivity index (χ1n) is 6.64. The Morgan fingerprint density at radius 2 is 1.68 bits per heavy atom. The monoisotopic (exact) mass is 255 g/mol. The average Bonchev–Trinajstić information content (AvgIpc) is 2.48. The summed E-state index contributed by atoms with van der Waals surface area (Å²) in [6.07, 6.45) is 0. The van der Waals surface area contributed by atoms with Gasteiger partial charge in [-0.15, -0.1) is 0 Å². The van der Waals surface area contributed by atoms with E-state index in [9.17, 15) is 4.79 Å². The van der Waals surface area contributed by atoms with Crippen LogP contribution >= 0.6 is 0 Å².